The lowest BCUT2D eigenvalue weighted by atomic mass is 10.1. The number of halogens is 5. The SMILES string of the molecule is COc1cc(-c2cc(C(F)(F)F)n3nc(C)cc3n2)ccc1OC(F)F. The zero-order valence-electron chi connectivity index (χ0n) is 13.5. The van der Waals surface area contributed by atoms with Gasteiger partial charge in [-0.25, -0.2) is 9.50 Å². The lowest BCUT2D eigenvalue weighted by Gasteiger charge is -2.13. The normalized spacial score (nSPS) is 12.0. The van der Waals surface area contributed by atoms with Crippen LogP contribution in [0.2, 0.25) is 0 Å². The Morgan fingerprint density at radius 2 is 1.81 bits per heavy atom. The molecule has 0 radical (unpaired) electrons. The summed E-state index contributed by atoms with van der Waals surface area (Å²) in [5.41, 5.74) is -0.378. The van der Waals surface area contributed by atoms with Crippen LogP contribution in [0.1, 0.15) is 11.4 Å². The quantitative estimate of drug-likeness (QED) is 0.639. The molecule has 0 bridgehead atoms. The smallest absolute Gasteiger partial charge is 0.433 e. The highest BCUT2D eigenvalue weighted by Gasteiger charge is 2.35. The van der Waals surface area contributed by atoms with E-state index in [9.17, 15) is 22.0 Å². The Bertz CT molecular complexity index is 953. The maximum atomic E-state index is 13.4. The van der Waals surface area contributed by atoms with Gasteiger partial charge < -0.3 is 9.47 Å². The summed E-state index contributed by atoms with van der Waals surface area (Å²) in [6.07, 6.45) is -4.66. The summed E-state index contributed by atoms with van der Waals surface area (Å²) in [5.74, 6) is -0.286. The number of hydrogen-bond donors (Lipinski definition) is 0. The Hall–Kier alpha value is -2.91. The molecule has 26 heavy (non-hydrogen) atoms. The average Bonchev–Trinajstić information content (AvgIpc) is 2.92. The molecule has 3 rings (SSSR count). The van der Waals surface area contributed by atoms with E-state index in [4.69, 9.17) is 4.74 Å². The van der Waals surface area contributed by atoms with E-state index in [-0.39, 0.29) is 28.4 Å². The third kappa shape index (κ3) is 3.39. The highest BCUT2D eigenvalue weighted by molar-refractivity contribution is 5.66. The first kappa shape index (κ1) is 17.9. The van der Waals surface area contributed by atoms with E-state index < -0.39 is 18.5 Å². The van der Waals surface area contributed by atoms with Crippen molar-refractivity contribution in [2.75, 3.05) is 7.11 Å². The maximum Gasteiger partial charge on any atom is 0.433 e. The van der Waals surface area contributed by atoms with Crippen LogP contribution in [0, 0.1) is 6.92 Å². The van der Waals surface area contributed by atoms with Gasteiger partial charge in [0.25, 0.3) is 0 Å². The molecule has 0 fully saturated rings. The van der Waals surface area contributed by atoms with Gasteiger partial charge >= 0.3 is 12.8 Å². The molecule has 0 saturated heterocycles. The van der Waals surface area contributed by atoms with Crippen LogP contribution >= 0.6 is 0 Å². The molecule has 0 aliphatic rings. The number of methoxy groups -OCH3 is 1. The lowest BCUT2D eigenvalue weighted by Crippen LogP contribution is -2.13. The fourth-order valence-electron chi connectivity index (χ4n) is 2.46. The molecule has 0 amide bonds. The molecule has 0 aliphatic carbocycles. The monoisotopic (exact) mass is 373 g/mol. The number of nitrogens with zero attached hydrogens (tertiary/aromatic N) is 3. The van der Waals surface area contributed by atoms with Crippen molar-refractivity contribution in [1.29, 1.82) is 0 Å². The molecule has 0 unspecified atom stereocenters. The Kier molecular flexibility index (Phi) is 4.43. The highest BCUT2D eigenvalue weighted by Crippen LogP contribution is 2.36. The number of ether oxygens (including phenoxy) is 2. The number of aryl methyl sites for hydroxylation is 1. The second-order valence-corrected chi connectivity index (χ2v) is 5.32. The van der Waals surface area contributed by atoms with Crippen molar-refractivity contribution in [3.8, 4) is 22.8 Å². The molecule has 0 aliphatic heterocycles. The molecule has 0 atom stereocenters. The van der Waals surface area contributed by atoms with Crippen LogP contribution < -0.4 is 9.47 Å². The summed E-state index contributed by atoms with van der Waals surface area (Å²) in [5, 5.41) is 3.80. The van der Waals surface area contributed by atoms with Gasteiger partial charge in [-0.3, -0.25) is 0 Å². The summed E-state index contributed by atoms with van der Waals surface area (Å²) in [7, 11) is 1.23. The molecule has 10 heteroatoms. The minimum absolute atomic E-state index is 0.00776. The van der Waals surface area contributed by atoms with E-state index in [2.05, 4.69) is 14.8 Å². The third-order valence-corrected chi connectivity index (χ3v) is 3.52. The average molecular weight is 373 g/mol. The number of hydrogen-bond acceptors (Lipinski definition) is 4. The standard InChI is InChI=1S/C16H12F5N3O2/c1-8-5-14-22-10(7-13(16(19,20)21)24(14)23-8)9-3-4-11(26-15(17)18)12(6-9)25-2/h3-7,15H,1-2H3. The molecule has 0 saturated carbocycles. The van der Waals surface area contributed by atoms with Crippen LogP contribution in [0.4, 0.5) is 22.0 Å². The maximum absolute atomic E-state index is 13.4. The van der Waals surface area contributed by atoms with E-state index >= 15 is 0 Å². The van der Waals surface area contributed by atoms with Crippen LogP contribution in [0.5, 0.6) is 11.5 Å². The summed E-state index contributed by atoms with van der Waals surface area (Å²) in [6, 6.07) is 6.02. The van der Waals surface area contributed by atoms with Crippen molar-refractivity contribution < 1.29 is 31.4 Å². The van der Waals surface area contributed by atoms with Crippen LogP contribution in [0.15, 0.2) is 30.3 Å². The minimum atomic E-state index is -4.66. The Morgan fingerprint density at radius 3 is 2.42 bits per heavy atom. The minimum Gasteiger partial charge on any atom is -0.493 e. The fourth-order valence-corrected chi connectivity index (χ4v) is 2.46. The van der Waals surface area contributed by atoms with E-state index in [1.54, 1.807) is 6.92 Å². The highest BCUT2D eigenvalue weighted by atomic mass is 19.4. The van der Waals surface area contributed by atoms with Crippen molar-refractivity contribution in [3.05, 3.63) is 41.7 Å². The van der Waals surface area contributed by atoms with E-state index in [1.807, 2.05) is 0 Å². The molecule has 0 spiro atoms. The van der Waals surface area contributed by atoms with Gasteiger partial charge in [-0.1, -0.05) is 0 Å². The van der Waals surface area contributed by atoms with Crippen molar-refractivity contribution in [2.45, 2.75) is 19.7 Å². The number of aromatic nitrogens is 3. The van der Waals surface area contributed by atoms with Gasteiger partial charge in [-0.2, -0.15) is 27.1 Å². The molecule has 5 nitrogen and oxygen atoms in total. The van der Waals surface area contributed by atoms with Gasteiger partial charge in [0.2, 0.25) is 0 Å². The van der Waals surface area contributed by atoms with Crippen molar-refractivity contribution in [1.82, 2.24) is 14.6 Å². The van der Waals surface area contributed by atoms with Crippen molar-refractivity contribution >= 4 is 5.65 Å². The predicted molar refractivity (Wildman–Crippen MR) is 81.3 cm³/mol. The third-order valence-electron chi connectivity index (χ3n) is 3.52. The number of benzene rings is 1. The Morgan fingerprint density at radius 1 is 1.08 bits per heavy atom. The Balaban J connectivity index is 2.16. The summed E-state index contributed by atoms with van der Waals surface area (Å²) < 4.78 is 74.9. The molecular formula is C16H12F5N3O2. The first-order chi connectivity index (χ1) is 12.2. The van der Waals surface area contributed by atoms with Gasteiger partial charge in [0.05, 0.1) is 18.5 Å². The van der Waals surface area contributed by atoms with E-state index in [0.717, 1.165) is 6.07 Å². The second kappa shape index (κ2) is 6.43. The second-order valence-electron chi connectivity index (χ2n) is 5.32. The summed E-state index contributed by atoms with van der Waals surface area (Å²) in [4.78, 5) is 4.16. The molecule has 138 valence electrons. The number of rotatable bonds is 4. The largest absolute Gasteiger partial charge is 0.493 e. The van der Waals surface area contributed by atoms with Gasteiger partial charge in [0.15, 0.2) is 22.8 Å². The number of alkyl halides is 5. The van der Waals surface area contributed by atoms with Crippen LogP contribution in [-0.2, 0) is 6.18 Å². The summed E-state index contributed by atoms with van der Waals surface area (Å²) in [6.45, 7) is -1.51. The van der Waals surface area contributed by atoms with Gasteiger partial charge in [-0.15, -0.1) is 0 Å². The van der Waals surface area contributed by atoms with Crippen LogP contribution in [-0.4, -0.2) is 28.3 Å². The van der Waals surface area contributed by atoms with Crippen LogP contribution in [0.3, 0.4) is 0 Å². The van der Waals surface area contributed by atoms with Gasteiger partial charge in [-0.05, 0) is 31.2 Å². The van der Waals surface area contributed by atoms with Crippen molar-refractivity contribution in [2.24, 2.45) is 0 Å². The van der Waals surface area contributed by atoms with Gasteiger partial charge in [0, 0.05) is 11.6 Å². The fraction of sp³-hybridized carbons (Fsp3) is 0.250. The zero-order chi connectivity index (χ0) is 19.1. The number of fused-ring (bicyclic) bond motifs is 1. The van der Waals surface area contributed by atoms with E-state index in [1.165, 1.54) is 31.4 Å². The molecule has 2 heterocycles. The molecule has 3 aromatic rings. The van der Waals surface area contributed by atoms with E-state index in [0.29, 0.717) is 10.2 Å². The summed E-state index contributed by atoms with van der Waals surface area (Å²) >= 11 is 0. The first-order valence-electron chi connectivity index (χ1n) is 7.27. The molecule has 0 N–H and O–H groups in total. The predicted octanol–water partition coefficient (Wildman–Crippen LogP) is 4.33. The molecule has 1 aromatic carbocycles. The Labute approximate surface area is 144 Å². The van der Waals surface area contributed by atoms with Crippen molar-refractivity contribution in [3.63, 3.8) is 0 Å². The molecular weight excluding hydrogens is 361 g/mol. The lowest BCUT2D eigenvalue weighted by molar-refractivity contribution is -0.142. The van der Waals surface area contributed by atoms with Gasteiger partial charge in [0.1, 0.15) is 0 Å². The first-order valence-corrected chi connectivity index (χ1v) is 7.27. The molecule has 2 aromatic heterocycles. The van der Waals surface area contributed by atoms with Crippen LogP contribution in [0.25, 0.3) is 16.9 Å². The topological polar surface area (TPSA) is 48.7 Å². The zero-order valence-corrected chi connectivity index (χ0v) is 13.5.